The Kier molecular flexibility index (Phi) is 1.68. The van der Waals surface area contributed by atoms with Gasteiger partial charge in [-0.15, -0.1) is 0 Å². The fraction of sp³-hybridized carbons (Fsp3) is 0.667. The summed E-state index contributed by atoms with van der Waals surface area (Å²) in [7, 11) is 0. The van der Waals surface area contributed by atoms with Crippen LogP contribution in [-0.4, -0.2) is 11.9 Å². The Labute approximate surface area is 66.7 Å². The van der Waals surface area contributed by atoms with Crippen LogP contribution in [0.5, 0.6) is 0 Å². The van der Waals surface area contributed by atoms with E-state index in [1.165, 1.54) is 0 Å². The van der Waals surface area contributed by atoms with Gasteiger partial charge < -0.3 is 5.32 Å². The molecule has 0 aromatic heterocycles. The molecular weight excluding hydrogens is 138 g/mol. The number of carbonyl (C=O) groups is 1. The highest BCUT2D eigenvalue weighted by atomic mass is 16.1. The summed E-state index contributed by atoms with van der Waals surface area (Å²) < 4.78 is 0. The second-order valence-corrected chi connectivity index (χ2v) is 3.42. The van der Waals surface area contributed by atoms with Gasteiger partial charge in [-0.25, -0.2) is 0 Å². The van der Waals surface area contributed by atoms with E-state index in [1.807, 2.05) is 0 Å². The van der Waals surface area contributed by atoms with E-state index in [0.717, 1.165) is 31.6 Å². The normalized spacial score (nSPS) is 36.2. The number of allylic oxidation sites excluding steroid dienone is 1. The topological polar surface area (TPSA) is 29.1 Å². The van der Waals surface area contributed by atoms with Crippen molar-refractivity contribution >= 4 is 5.91 Å². The smallest absolute Gasteiger partial charge is 0.220 e. The van der Waals surface area contributed by atoms with E-state index in [1.54, 1.807) is 0 Å². The molecule has 1 aliphatic carbocycles. The van der Waals surface area contributed by atoms with Gasteiger partial charge in [-0.2, -0.15) is 0 Å². The molecule has 0 bridgehead atoms. The van der Waals surface area contributed by atoms with E-state index in [4.69, 9.17) is 0 Å². The molecule has 1 aliphatic heterocycles. The van der Waals surface area contributed by atoms with Gasteiger partial charge in [0.1, 0.15) is 0 Å². The molecule has 60 valence electrons. The minimum Gasteiger partial charge on any atom is -0.353 e. The van der Waals surface area contributed by atoms with Gasteiger partial charge in [0, 0.05) is 12.5 Å². The highest BCUT2D eigenvalue weighted by Gasteiger charge is 2.28. The van der Waals surface area contributed by atoms with Gasteiger partial charge in [0.15, 0.2) is 0 Å². The summed E-state index contributed by atoms with van der Waals surface area (Å²) in [5.74, 6) is 0.958. The van der Waals surface area contributed by atoms with Gasteiger partial charge in [-0.1, -0.05) is 12.2 Å². The van der Waals surface area contributed by atoms with Crippen LogP contribution in [0.2, 0.25) is 0 Å². The molecule has 1 amide bonds. The Hall–Kier alpha value is -0.790. The van der Waals surface area contributed by atoms with Crippen molar-refractivity contribution in [1.82, 2.24) is 5.32 Å². The number of hydrogen-bond donors (Lipinski definition) is 1. The Morgan fingerprint density at radius 3 is 3.09 bits per heavy atom. The van der Waals surface area contributed by atoms with Crippen LogP contribution >= 0.6 is 0 Å². The van der Waals surface area contributed by atoms with Crippen LogP contribution in [0, 0.1) is 5.92 Å². The largest absolute Gasteiger partial charge is 0.353 e. The number of piperidine rings is 1. The van der Waals surface area contributed by atoms with Crippen LogP contribution in [0.15, 0.2) is 12.2 Å². The second-order valence-electron chi connectivity index (χ2n) is 3.42. The van der Waals surface area contributed by atoms with Crippen LogP contribution < -0.4 is 5.32 Å². The fourth-order valence-electron chi connectivity index (χ4n) is 1.96. The van der Waals surface area contributed by atoms with E-state index in [2.05, 4.69) is 17.5 Å². The minimum atomic E-state index is 0.238. The zero-order valence-corrected chi connectivity index (χ0v) is 6.55. The molecule has 0 spiro atoms. The number of rotatable bonds is 0. The summed E-state index contributed by atoms with van der Waals surface area (Å²) >= 11 is 0. The lowest BCUT2D eigenvalue weighted by molar-refractivity contribution is -0.124. The molecule has 2 atom stereocenters. The van der Waals surface area contributed by atoms with Crippen molar-refractivity contribution in [2.24, 2.45) is 5.92 Å². The molecule has 1 heterocycles. The average molecular weight is 151 g/mol. The first-order valence-corrected chi connectivity index (χ1v) is 4.30. The van der Waals surface area contributed by atoms with Crippen molar-refractivity contribution in [3.8, 4) is 0 Å². The number of fused-ring (bicyclic) bond motifs is 1. The predicted molar refractivity (Wildman–Crippen MR) is 43.0 cm³/mol. The molecule has 1 fully saturated rings. The van der Waals surface area contributed by atoms with E-state index in [0.29, 0.717) is 6.04 Å². The SMILES string of the molecule is O=C1CC[C@H]2CC=CC[C@@H]2N1. The molecule has 2 heteroatoms. The van der Waals surface area contributed by atoms with Crippen LogP contribution in [-0.2, 0) is 4.79 Å². The molecule has 2 aliphatic rings. The minimum absolute atomic E-state index is 0.238. The van der Waals surface area contributed by atoms with Crippen molar-refractivity contribution in [1.29, 1.82) is 0 Å². The number of hydrogen-bond acceptors (Lipinski definition) is 1. The summed E-state index contributed by atoms with van der Waals surface area (Å²) in [5.41, 5.74) is 0. The molecule has 2 rings (SSSR count). The summed E-state index contributed by atoms with van der Waals surface area (Å²) in [5, 5.41) is 3.03. The Morgan fingerprint density at radius 1 is 1.36 bits per heavy atom. The van der Waals surface area contributed by atoms with E-state index in [-0.39, 0.29) is 5.91 Å². The maximum Gasteiger partial charge on any atom is 0.220 e. The summed E-state index contributed by atoms with van der Waals surface area (Å²) in [6.45, 7) is 0. The lowest BCUT2D eigenvalue weighted by Gasteiger charge is -2.33. The third-order valence-corrected chi connectivity index (χ3v) is 2.65. The van der Waals surface area contributed by atoms with Crippen molar-refractivity contribution in [3.63, 3.8) is 0 Å². The monoisotopic (exact) mass is 151 g/mol. The fourth-order valence-corrected chi connectivity index (χ4v) is 1.96. The lowest BCUT2D eigenvalue weighted by atomic mass is 9.83. The van der Waals surface area contributed by atoms with Crippen LogP contribution in [0.25, 0.3) is 0 Å². The summed E-state index contributed by atoms with van der Waals surface area (Å²) in [6, 6.07) is 0.446. The van der Waals surface area contributed by atoms with Crippen LogP contribution in [0.3, 0.4) is 0 Å². The van der Waals surface area contributed by atoms with Gasteiger partial charge in [0.2, 0.25) is 5.91 Å². The lowest BCUT2D eigenvalue weighted by Crippen LogP contribution is -2.45. The molecule has 0 radical (unpaired) electrons. The quantitative estimate of drug-likeness (QED) is 0.518. The molecule has 1 N–H and O–H groups in total. The van der Waals surface area contributed by atoms with Crippen molar-refractivity contribution in [2.45, 2.75) is 31.7 Å². The zero-order valence-electron chi connectivity index (χ0n) is 6.55. The standard InChI is InChI=1S/C9H13NO/c11-9-6-5-7-3-1-2-4-8(7)10-9/h1-2,7-8H,3-6H2,(H,10,11)/t7-,8+/m1/s1. The first-order valence-electron chi connectivity index (χ1n) is 4.30. The third-order valence-electron chi connectivity index (χ3n) is 2.65. The van der Waals surface area contributed by atoms with E-state index in [9.17, 15) is 4.79 Å². The average Bonchev–Trinajstić information content (AvgIpc) is 2.04. The molecule has 11 heavy (non-hydrogen) atoms. The summed E-state index contributed by atoms with van der Waals surface area (Å²) in [6.07, 6.45) is 8.42. The van der Waals surface area contributed by atoms with Gasteiger partial charge >= 0.3 is 0 Å². The van der Waals surface area contributed by atoms with Gasteiger partial charge in [-0.05, 0) is 25.2 Å². The van der Waals surface area contributed by atoms with Crippen molar-refractivity contribution in [3.05, 3.63) is 12.2 Å². The van der Waals surface area contributed by atoms with Gasteiger partial charge in [0.25, 0.3) is 0 Å². The number of amides is 1. The first kappa shape index (κ1) is 6.89. The van der Waals surface area contributed by atoms with Crippen molar-refractivity contribution in [2.75, 3.05) is 0 Å². The Bertz CT molecular complexity index is 198. The molecule has 1 saturated heterocycles. The number of carbonyl (C=O) groups excluding carboxylic acids is 1. The molecule has 0 saturated carbocycles. The predicted octanol–water partition coefficient (Wildman–Crippen LogP) is 1.23. The van der Waals surface area contributed by atoms with Crippen LogP contribution in [0.1, 0.15) is 25.7 Å². The molecule has 2 nitrogen and oxygen atoms in total. The van der Waals surface area contributed by atoms with Gasteiger partial charge in [0.05, 0.1) is 0 Å². The molecule has 0 aromatic rings. The van der Waals surface area contributed by atoms with Crippen LogP contribution in [0.4, 0.5) is 0 Å². The number of nitrogens with one attached hydrogen (secondary N) is 1. The molecule has 0 unspecified atom stereocenters. The van der Waals surface area contributed by atoms with Gasteiger partial charge in [-0.3, -0.25) is 4.79 Å². The highest BCUT2D eigenvalue weighted by Crippen LogP contribution is 2.26. The Morgan fingerprint density at radius 2 is 2.18 bits per heavy atom. The van der Waals surface area contributed by atoms with E-state index >= 15 is 0 Å². The molecule has 0 aromatic carbocycles. The Balaban J connectivity index is 2.06. The first-order chi connectivity index (χ1) is 5.36. The summed E-state index contributed by atoms with van der Waals surface area (Å²) in [4.78, 5) is 11.0. The highest BCUT2D eigenvalue weighted by molar-refractivity contribution is 5.77. The zero-order chi connectivity index (χ0) is 7.68. The maximum atomic E-state index is 11.0. The van der Waals surface area contributed by atoms with E-state index < -0.39 is 0 Å². The van der Waals surface area contributed by atoms with Crippen molar-refractivity contribution < 1.29 is 4.79 Å². The maximum absolute atomic E-state index is 11.0. The molecular formula is C9H13NO. The third kappa shape index (κ3) is 1.30. The second kappa shape index (κ2) is 2.68.